The Morgan fingerprint density at radius 1 is 1.07 bits per heavy atom. The third-order valence-corrected chi connectivity index (χ3v) is 6.30. The Morgan fingerprint density at radius 2 is 1.63 bits per heavy atom. The van der Waals surface area contributed by atoms with E-state index in [0.29, 0.717) is 23.5 Å². The SMILES string of the molecule is CCC1CCC(N(C(=O)CC(NC(C)=O)c2ccc(Cl)cc2)C2CC2)CC1. The lowest BCUT2D eigenvalue weighted by Crippen LogP contribution is -2.45. The summed E-state index contributed by atoms with van der Waals surface area (Å²) >= 11 is 5.99. The van der Waals surface area contributed by atoms with Crippen molar-refractivity contribution in [3.8, 4) is 0 Å². The molecule has 27 heavy (non-hydrogen) atoms. The number of nitrogens with zero attached hydrogens (tertiary/aromatic N) is 1. The Morgan fingerprint density at radius 3 is 2.11 bits per heavy atom. The van der Waals surface area contributed by atoms with Gasteiger partial charge in [-0.1, -0.05) is 37.1 Å². The average molecular weight is 391 g/mol. The Balaban J connectivity index is 1.70. The van der Waals surface area contributed by atoms with Crippen LogP contribution in [0.15, 0.2) is 24.3 Å². The van der Waals surface area contributed by atoms with Gasteiger partial charge in [0.1, 0.15) is 0 Å². The molecule has 1 N–H and O–H groups in total. The first-order valence-electron chi connectivity index (χ1n) is 10.3. The van der Waals surface area contributed by atoms with Crippen LogP contribution in [-0.2, 0) is 9.59 Å². The Bertz CT molecular complexity index is 649. The molecule has 1 unspecified atom stereocenters. The van der Waals surface area contributed by atoms with Gasteiger partial charge in [0.25, 0.3) is 0 Å². The fraction of sp³-hybridized carbons (Fsp3) is 0.636. The van der Waals surface area contributed by atoms with Crippen molar-refractivity contribution in [1.82, 2.24) is 10.2 Å². The standard InChI is InChI=1S/C22H31ClN2O2/c1-3-16-4-10-19(11-5-16)25(20-12-13-20)22(27)14-21(24-15(2)26)17-6-8-18(23)9-7-17/h6-9,16,19-21H,3-5,10-14H2,1-2H3,(H,24,26). The number of hydrogen-bond donors (Lipinski definition) is 1. The first kappa shape index (κ1) is 20.2. The molecule has 2 aliphatic carbocycles. The summed E-state index contributed by atoms with van der Waals surface area (Å²) in [5.74, 6) is 0.869. The molecule has 0 spiro atoms. The van der Waals surface area contributed by atoms with Gasteiger partial charge in [-0.05, 0) is 62.1 Å². The molecule has 1 atom stereocenters. The fourth-order valence-corrected chi connectivity index (χ4v) is 4.49. The third kappa shape index (κ3) is 5.47. The predicted octanol–water partition coefficient (Wildman–Crippen LogP) is 4.87. The highest BCUT2D eigenvalue weighted by Gasteiger charge is 2.39. The minimum absolute atomic E-state index is 0.121. The zero-order valence-corrected chi connectivity index (χ0v) is 17.2. The van der Waals surface area contributed by atoms with Gasteiger partial charge in [0.15, 0.2) is 0 Å². The molecular formula is C22H31ClN2O2. The van der Waals surface area contributed by atoms with E-state index in [2.05, 4.69) is 17.1 Å². The van der Waals surface area contributed by atoms with Crippen LogP contribution in [0.5, 0.6) is 0 Å². The summed E-state index contributed by atoms with van der Waals surface area (Å²) in [6.45, 7) is 3.76. The fourth-order valence-electron chi connectivity index (χ4n) is 4.36. The normalized spacial score (nSPS) is 23.5. The van der Waals surface area contributed by atoms with E-state index in [1.54, 1.807) is 12.1 Å². The summed E-state index contributed by atoms with van der Waals surface area (Å²) in [6, 6.07) is 7.87. The van der Waals surface area contributed by atoms with Crippen molar-refractivity contribution >= 4 is 23.4 Å². The lowest BCUT2D eigenvalue weighted by atomic mass is 9.83. The minimum Gasteiger partial charge on any atom is -0.349 e. The molecule has 1 aromatic carbocycles. The summed E-state index contributed by atoms with van der Waals surface area (Å²) in [5.41, 5.74) is 0.924. The summed E-state index contributed by atoms with van der Waals surface area (Å²) in [5, 5.41) is 3.60. The largest absolute Gasteiger partial charge is 0.349 e. The molecule has 5 heteroatoms. The molecule has 2 saturated carbocycles. The number of halogens is 1. The zero-order valence-electron chi connectivity index (χ0n) is 16.4. The molecule has 0 aromatic heterocycles. The highest BCUT2D eigenvalue weighted by Crippen LogP contribution is 2.37. The van der Waals surface area contributed by atoms with Crippen LogP contribution in [0.3, 0.4) is 0 Å². The minimum atomic E-state index is -0.305. The molecule has 0 heterocycles. The molecule has 0 radical (unpaired) electrons. The maximum Gasteiger partial charge on any atom is 0.225 e. The van der Waals surface area contributed by atoms with E-state index in [0.717, 1.165) is 37.2 Å². The number of carbonyl (C=O) groups excluding carboxylic acids is 2. The van der Waals surface area contributed by atoms with Crippen molar-refractivity contribution in [3.05, 3.63) is 34.9 Å². The summed E-state index contributed by atoms with van der Waals surface area (Å²) in [7, 11) is 0. The van der Waals surface area contributed by atoms with Crippen molar-refractivity contribution in [2.24, 2.45) is 5.92 Å². The first-order valence-corrected chi connectivity index (χ1v) is 10.7. The smallest absolute Gasteiger partial charge is 0.225 e. The van der Waals surface area contributed by atoms with E-state index < -0.39 is 0 Å². The Kier molecular flexibility index (Phi) is 6.80. The molecular weight excluding hydrogens is 360 g/mol. The third-order valence-electron chi connectivity index (χ3n) is 6.04. The van der Waals surface area contributed by atoms with Gasteiger partial charge in [-0.2, -0.15) is 0 Å². The molecule has 148 valence electrons. The maximum absolute atomic E-state index is 13.3. The van der Waals surface area contributed by atoms with Crippen LogP contribution < -0.4 is 5.32 Å². The lowest BCUT2D eigenvalue weighted by molar-refractivity contribution is -0.136. The number of hydrogen-bond acceptors (Lipinski definition) is 2. The van der Waals surface area contributed by atoms with Crippen LogP contribution in [0.25, 0.3) is 0 Å². The number of carbonyl (C=O) groups is 2. The number of amides is 2. The van der Waals surface area contributed by atoms with Crippen molar-refractivity contribution in [2.75, 3.05) is 0 Å². The molecule has 0 aliphatic heterocycles. The molecule has 0 saturated heterocycles. The second kappa shape index (κ2) is 9.09. The lowest BCUT2D eigenvalue weighted by Gasteiger charge is -2.38. The number of benzene rings is 1. The molecule has 3 rings (SSSR count). The zero-order chi connectivity index (χ0) is 19.4. The van der Waals surface area contributed by atoms with E-state index in [-0.39, 0.29) is 17.9 Å². The highest BCUT2D eigenvalue weighted by molar-refractivity contribution is 6.30. The van der Waals surface area contributed by atoms with Gasteiger partial charge < -0.3 is 10.2 Å². The quantitative estimate of drug-likeness (QED) is 0.722. The Labute approximate surface area is 167 Å². The first-order chi connectivity index (χ1) is 13.0. The molecule has 2 amide bonds. The van der Waals surface area contributed by atoms with Crippen molar-refractivity contribution in [1.29, 1.82) is 0 Å². The van der Waals surface area contributed by atoms with Gasteiger partial charge in [0, 0.05) is 24.0 Å². The number of rotatable bonds is 7. The Hall–Kier alpha value is -1.55. The van der Waals surface area contributed by atoms with Gasteiger partial charge in [-0.3, -0.25) is 9.59 Å². The van der Waals surface area contributed by atoms with E-state index in [1.807, 2.05) is 12.1 Å². The summed E-state index contributed by atoms with van der Waals surface area (Å²) in [6.07, 6.45) is 8.47. The highest BCUT2D eigenvalue weighted by atomic mass is 35.5. The van der Waals surface area contributed by atoms with Crippen LogP contribution in [0.1, 0.15) is 76.8 Å². The van der Waals surface area contributed by atoms with Crippen molar-refractivity contribution in [2.45, 2.75) is 83.3 Å². The van der Waals surface area contributed by atoms with Crippen molar-refractivity contribution in [3.63, 3.8) is 0 Å². The van der Waals surface area contributed by atoms with E-state index in [4.69, 9.17) is 11.6 Å². The van der Waals surface area contributed by atoms with Crippen LogP contribution in [0.4, 0.5) is 0 Å². The number of nitrogens with one attached hydrogen (secondary N) is 1. The summed E-state index contributed by atoms with van der Waals surface area (Å²) in [4.78, 5) is 27.1. The van der Waals surface area contributed by atoms with Crippen molar-refractivity contribution < 1.29 is 9.59 Å². The summed E-state index contributed by atoms with van der Waals surface area (Å²) < 4.78 is 0. The van der Waals surface area contributed by atoms with E-state index in [1.165, 1.54) is 26.2 Å². The predicted molar refractivity (Wildman–Crippen MR) is 109 cm³/mol. The monoisotopic (exact) mass is 390 g/mol. The maximum atomic E-state index is 13.3. The topological polar surface area (TPSA) is 49.4 Å². The van der Waals surface area contributed by atoms with Crippen LogP contribution in [0, 0.1) is 5.92 Å². The average Bonchev–Trinajstić information content (AvgIpc) is 3.47. The van der Waals surface area contributed by atoms with Gasteiger partial charge in [0.2, 0.25) is 11.8 Å². The van der Waals surface area contributed by atoms with Gasteiger partial charge in [-0.15, -0.1) is 0 Å². The molecule has 4 nitrogen and oxygen atoms in total. The van der Waals surface area contributed by atoms with Crippen LogP contribution in [0.2, 0.25) is 5.02 Å². The molecule has 0 bridgehead atoms. The molecule has 1 aromatic rings. The van der Waals surface area contributed by atoms with E-state index >= 15 is 0 Å². The second-order valence-corrected chi connectivity index (χ2v) is 8.56. The second-order valence-electron chi connectivity index (χ2n) is 8.12. The van der Waals surface area contributed by atoms with Crippen LogP contribution in [-0.4, -0.2) is 28.8 Å². The van der Waals surface area contributed by atoms with Crippen LogP contribution >= 0.6 is 11.6 Å². The molecule has 2 aliphatic rings. The van der Waals surface area contributed by atoms with Gasteiger partial charge in [0.05, 0.1) is 12.5 Å². The van der Waals surface area contributed by atoms with E-state index in [9.17, 15) is 9.59 Å². The van der Waals surface area contributed by atoms with Gasteiger partial charge >= 0.3 is 0 Å². The molecule has 2 fully saturated rings. The van der Waals surface area contributed by atoms with Gasteiger partial charge in [-0.25, -0.2) is 0 Å².